The van der Waals surface area contributed by atoms with Crippen molar-refractivity contribution < 1.29 is 4.79 Å². The van der Waals surface area contributed by atoms with Crippen molar-refractivity contribution in [2.24, 2.45) is 0 Å². The van der Waals surface area contributed by atoms with E-state index < -0.39 is 0 Å². The van der Waals surface area contributed by atoms with Gasteiger partial charge in [0.25, 0.3) is 0 Å². The van der Waals surface area contributed by atoms with Gasteiger partial charge in [0.15, 0.2) is 0 Å². The Morgan fingerprint density at radius 2 is 2.08 bits per heavy atom. The van der Waals surface area contributed by atoms with E-state index in [1.165, 1.54) is 21.6 Å². The van der Waals surface area contributed by atoms with Crippen LogP contribution in [0.4, 0.5) is 0 Å². The first-order chi connectivity index (χ1) is 11.6. The largest absolute Gasteiger partial charge is 0.348 e. The summed E-state index contributed by atoms with van der Waals surface area (Å²) in [5.41, 5.74) is 3.82. The molecule has 1 amide bonds. The zero-order valence-corrected chi connectivity index (χ0v) is 15.5. The molecule has 0 aliphatic carbocycles. The molecule has 3 rings (SSSR count). The molecule has 128 valence electrons. The van der Waals surface area contributed by atoms with Crippen LogP contribution < -0.4 is 5.32 Å². The van der Waals surface area contributed by atoms with Crippen LogP contribution in [0.5, 0.6) is 0 Å². The molecule has 2 aromatic rings. The van der Waals surface area contributed by atoms with Crippen LogP contribution >= 0.6 is 11.3 Å². The third-order valence-electron chi connectivity index (χ3n) is 4.97. The SMILES string of the molecule is CCC(NC(=O)CN1CCc2sccc2C1C)c1ccc(C)cc1. The maximum atomic E-state index is 12.6. The first-order valence-electron chi connectivity index (χ1n) is 8.74. The number of carbonyl (C=O) groups excluding carboxylic acids is 1. The predicted molar refractivity (Wildman–Crippen MR) is 100 cm³/mol. The molecule has 1 aliphatic heterocycles. The van der Waals surface area contributed by atoms with Crippen molar-refractivity contribution in [2.45, 2.75) is 45.7 Å². The smallest absolute Gasteiger partial charge is 0.234 e. The van der Waals surface area contributed by atoms with Crippen molar-refractivity contribution >= 4 is 17.2 Å². The van der Waals surface area contributed by atoms with Crippen LogP contribution in [0.1, 0.15) is 53.9 Å². The third-order valence-corrected chi connectivity index (χ3v) is 5.97. The summed E-state index contributed by atoms with van der Waals surface area (Å²) in [7, 11) is 0. The van der Waals surface area contributed by atoms with E-state index in [4.69, 9.17) is 0 Å². The first kappa shape index (κ1) is 17.2. The van der Waals surface area contributed by atoms with Crippen molar-refractivity contribution in [2.75, 3.05) is 13.1 Å². The van der Waals surface area contributed by atoms with Crippen LogP contribution in [0.3, 0.4) is 0 Å². The molecular weight excluding hydrogens is 316 g/mol. The fourth-order valence-corrected chi connectivity index (χ4v) is 4.38. The van der Waals surface area contributed by atoms with E-state index in [9.17, 15) is 4.79 Å². The van der Waals surface area contributed by atoms with Gasteiger partial charge in [0, 0.05) is 17.5 Å². The van der Waals surface area contributed by atoms with Gasteiger partial charge >= 0.3 is 0 Å². The highest BCUT2D eigenvalue weighted by atomic mass is 32.1. The number of aryl methyl sites for hydroxylation is 1. The quantitative estimate of drug-likeness (QED) is 0.881. The molecule has 0 saturated carbocycles. The molecule has 3 nitrogen and oxygen atoms in total. The number of thiophene rings is 1. The molecule has 2 unspecified atom stereocenters. The van der Waals surface area contributed by atoms with Crippen LogP contribution in [0.25, 0.3) is 0 Å². The monoisotopic (exact) mass is 342 g/mol. The summed E-state index contributed by atoms with van der Waals surface area (Å²) >= 11 is 1.84. The average Bonchev–Trinajstić information content (AvgIpc) is 3.06. The molecule has 0 bridgehead atoms. The second-order valence-electron chi connectivity index (χ2n) is 6.63. The molecule has 0 radical (unpaired) electrons. The van der Waals surface area contributed by atoms with Crippen molar-refractivity contribution in [1.29, 1.82) is 0 Å². The van der Waals surface area contributed by atoms with Crippen molar-refractivity contribution in [3.63, 3.8) is 0 Å². The van der Waals surface area contributed by atoms with Crippen molar-refractivity contribution in [3.8, 4) is 0 Å². The molecule has 0 spiro atoms. The summed E-state index contributed by atoms with van der Waals surface area (Å²) < 4.78 is 0. The van der Waals surface area contributed by atoms with Gasteiger partial charge in [0.1, 0.15) is 0 Å². The van der Waals surface area contributed by atoms with Gasteiger partial charge < -0.3 is 5.32 Å². The van der Waals surface area contributed by atoms with E-state index in [1.807, 2.05) is 11.3 Å². The number of hydrogen-bond acceptors (Lipinski definition) is 3. The van der Waals surface area contributed by atoms with Gasteiger partial charge in [-0.2, -0.15) is 0 Å². The number of fused-ring (bicyclic) bond motifs is 1. The molecule has 0 saturated heterocycles. The Morgan fingerprint density at radius 3 is 2.79 bits per heavy atom. The van der Waals surface area contributed by atoms with Gasteiger partial charge in [-0.1, -0.05) is 36.8 Å². The Kier molecular flexibility index (Phi) is 5.36. The zero-order chi connectivity index (χ0) is 17.1. The summed E-state index contributed by atoms with van der Waals surface area (Å²) in [6.45, 7) is 7.84. The van der Waals surface area contributed by atoms with Crippen LogP contribution in [-0.2, 0) is 11.2 Å². The van der Waals surface area contributed by atoms with Crippen LogP contribution in [0.2, 0.25) is 0 Å². The number of benzene rings is 1. The number of amides is 1. The fourth-order valence-electron chi connectivity index (χ4n) is 3.42. The second-order valence-corrected chi connectivity index (χ2v) is 7.64. The van der Waals surface area contributed by atoms with Crippen LogP contribution in [0.15, 0.2) is 35.7 Å². The average molecular weight is 343 g/mol. The lowest BCUT2D eigenvalue weighted by Crippen LogP contribution is -2.42. The Morgan fingerprint density at radius 1 is 1.33 bits per heavy atom. The fraction of sp³-hybridized carbons (Fsp3) is 0.450. The lowest BCUT2D eigenvalue weighted by Gasteiger charge is -2.33. The predicted octanol–water partition coefficient (Wildman–Crippen LogP) is 4.24. The number of rotatable bonds is 5. The Hall–Kier alpha value is -1.65. The van der Waals surface area contributed by atoms with E-state index in [0.29, 0.717) is 12.6 Å². The lowest BCUT2D eigenvalue weighted by molar-refractivity contribution is -0.123. The van der Waals surface area contributed by atoms with Gasteiger partial charge in [0.05, 0.1) is 12.6 Å². The Bertz CT molecular complexity index is 692. The van der Waals surface area contributed by atoms with E-state index in [0.717, 1.165) is 19.4 Å². The molecule has 4 heteroatoms. The minimum absolute atomic E-state index is 0.0925. The van der Waals surface area contributed by atoms with E-state index in [2.05, 4.69) is 66.7 Å². The minimum atomic E-state index is 0.0925. The molecule has 0 fully saturated rings. The molecule has 2 atom stereocenters. The van der Waals surface area contributed by atoms with Crippen LogP contribution in [-0.4, -0.2) is 23.9 Å². The summed E-state index contributed by atoms with van der Waals surface area (Å²) in [6.07, 6.45) is 1.96. The maximum Gasteiger partial charge on any atom is 0.234 e. The van der Waals surface area contributed by atoms with Gasteiger partial charge in [-0.25, -0.2) is 0 Å². The lowest BCUT2D eigenvalue weighted by atomic mass is 10.0. The number of nitrogens with zero attached hydrogens (tertiary/aromatic N) is 1. The highest BCUT2D eigenvalue weighted by Crippen LogP contribution is 2.32. The second kappa shape index (κ2) is 7.49. The van der Waals surface area contributed by atoms with E-state index >= 15 is 0 Å². The van der Waals surface area contributed by atoms with E-state index in [1.54, 1.807) is 0 Å². The zero-order valence-electron chi connectivity index (χ0n) is 14.7. The Labute approximate surface area is 148 Å². The molecule has 1 aliphatic rings. The summed E-state index contributed by atoms with van der Waals surface area (Å²) in [5, 5.41) is 5.37. The summed E-state index contributed by atoms with van der Waals surface area (Å²) in [5.74, 6) is 0.118. The highest BCUT2D eigenvalue weighted by molar-refractivity contribution is 7.10. The summed E-state index contributed by atoms with van der Waals surface area (Å²) in [6, 6.07) is 11.1. The normalized spacial score (nSPS) is 18.9. The molecule has 24 heavy (non-hydrogen) atoms. The van der Waals surface area contributed by atoms with Crippen molar-refractivity contribution in [3.05, 3.63) is 57.3 Å². The van der Waals surface area contributed by atoms with E-state index in [-0.39, 0.29) is 11.9 Å². The standard InChI is InChI=1S/C20H26N2OS/c1-4-18(16-7-5-14(2)6-8-16)21-20(23)13-22-11-9-19-17(15(22)3)10-12-24-19/h5-8,10,12,15,18H,4,9,11,13H2,1-3H3,(H,21,23). The third kappa shape index (κ3) is 3.70. The number of carbonyl (C=O) groups is 1. The minimum Gasteiger partial charge on any atom is -0.348 e. The molecule has 1 aromatic carbocycles. The summed E-state index contributed by atoms with van der Waals surface area (Å²) in [4.78, 5) is 16.3. The Balaban J connectivity index is 1.61. The number of hydrogen-bond donors (Lipinski definition) is 1. The van der Waals surface area contributed by atoms with Gasteiger partial charge in [-0.15, -0.1) is 11.3 Å². The molecule has 1 aromatic heterocycles. The van der Waals surface area contributed by atoms with Gasteiger partial charge in [-0.05, 0) is 49.3 Å². The molecule has 1 N–H and O–H groups in total. The first-order valence-corrected chi connectivity index (χ1v) is 9.62. The number of nitrogens with one attached hydrogen (secondary N) is 1. The van der Waals surface area contributed by atoms with Gasteiger partial charge in [-0.3, -0.25) is 9.69 Å². The molecular formula is C20H26N2OS. The maximum absolute atomic E-state index is 12.6. The van der Waals surface area contributed by atoms with Crippen molar-refractivity contribution in [1.82, 2.24) is 10.2 Å². The topological polar surface area (TPSA) is 32.3 Å². The van der Waals surface area contributed by atoms with Gasteiger partial charge in [0.2, 0.25) is 5.91 Å². The molecule has 2 heterocycles. The van der Waals surface area contributed by atoms with Crippen LogP contribution in [0, 0.1) is 6.92 Å². The highest BCUT2D eigenvalue weighted by Gasteiger charge is 2.26.